The van der Waals surface area contributed by atoms with Gasteiger partial charge in [0.25, 0.3) is 0 Å². The normalized spacial score (nSPS) is 14.5. The predicted octanol–water partition coefficient (Wildman–Crippen LogP) is 4.16. The van der Waals surface area contributed by atoms with Gasteiger partial charge in [-0.25, -0.2) is 4.39 Å². The Morgan fingerprint density at radius 3 is 2.42 bits per heavy atom. The van der Waals surface area contributed by atoms with Gasteiger partial charge in [0.2, 0.25) is 5.91 Å². The first-order valence-electron chi connectivity index (χ1n) is 10.3. The minimum Gasteiger partial charge on any atom is -0.454 e. The molecule has 2 aromatic rings. The molecule has 3 rings (SSSR count). The Hall–Kier alpha value is -2.36. The van der Waals surface area contributed by atoms with E-state index in [0.29, 0.717) is 24.6 Å². The highest BCUT2D eigenvalue weighted by atomic mass is 127. The number of halogens is 2. The summed E-state index contributed by atoms with van der Waals surface area (Å²) < 4.78 is 19.8. The van der Waals surface area contributed by atoms with Crippen molar-refractivity contribution >= 4 is 35.8 Å². The van der Waals surface area contributed by atoms with Crippen LogP contribution in [0.1, 0.15) is 24.8 Å². The molecule has 0 spiro atoms. The molecule has 0 atom stereocenters. The Bertz CT molecular complexity index is 885. The fourth-order valence-electron chi connectivity index (χ4n) is 3.62. The highest BCUT2D eigenvalue weighted by molar-refractivity contribution is 14.0. The van der Waals surface area contributed by atoms with Crippen LogP contribution >= 0.6 is 24.0 Å². The van der Waals surface area contributed by atoms with Crippen molar-refractivity contribution < 1.29 is 13.9 Å². The Balaban J connectivity index is 0.00000341. The Morgan fingerprint density at radius 1 is 1.13 bits per heavy atom. The molecule has 1 amide bonds. The number of nitrogens with one attached hydrogen (secondary N) is 2. The number of likely N-dealkylation sites (tertiary alicyclic amines) is 1. The molecule has 2 aromatic carbocycles. The lowest BCUT2D eigenvalue weighted by Gasteiger charge is -2.34. The van der Waals surface area contributed by atoms with Crippen LogP contribution < -0.4 is 15.4 Å². The number of amides is 1. The van der Waals surface area contributed by atoms with Crippen LogP contribution in [0.3, 0.4) is 0 Å². The van der Waals surface area contributed by atoms with Crippen molar-refractivity contribution in [1.82, 2.24) is 15.5 Å². The zero-order chi connectivity index (χ0) is 21.3. The van der Waals surface area contributed by atoms with Gasteiger partial charge < -0.3 is 20.3 Å². The molecule has 6 nitrogen and oxygen atoms in total. The van der Waals surface area contributed by atoms with Crippen molar-refractivity contribution in [1.29, 1.82) is 0 Å². The minimum absolute atomic E-state index is 0. The van der Waals surface area contributed by atoms with E-state index in [2.05, 4.69) is 20.5 Å². The van der Waals surface area contributed by atoms with E-state index in [1.807, 2.05) is 24.3 Å². The molecule has 1 fully saturated rings. The molecule has 0 unspecified atom stereocenters. The highest BCUT2D eigenvalue weighted by Crippen LogP contribution is 2.27. The van der Waals surface area contributed by atoms with Crippen molar-refractivity contribution in [3.8, 4) is 11.5 Å². The average Bonchev–Trinajstić information content (AvgIpc) is 2.77. The summed E-state index contributed by atoms with van der Waals surface area (Å²) in [6.07, 6.45) is 2.50. The molecule has 0 saturated carbocycles. The summed E-state index contributed by atoms with van der Waals surface area (Å²) in [6.45, 7) is 2.22. The standard InChI is InChI=1S/C23H29FN4O2.HI/c1-25-22(29)15-17-11-13-28(14-12-17)23(26-2)27-16-18-7-3-5-9-20(18)30-21-10-6-4-8-19(21)24;/h3-10,17H,11-16H2,1-2H3,(H,25,29)(H,26,27);1H. The van der Waals surface area contributed by atoms with Crippen LogP contribution in [0.25, 0.3) is 0 Å². The molecular weight excluding hydrogens is 510 g/mol. The summed E-state index contributed by atoms with van der Waals surface area (Å²) in [6, 6.07) is 14.0. The summed E-state index contributed by atoms with van der Waals surface area (Å²) in [5.41, 5.74) is 0.913. The highest BCUT2D eigenvalue weighted by Gasteiger charge is 2.23. The molecule has 0 aliphatic carbocycles. The van der Waals surface area contributed by atoms with Gasteiger partial charge in [-0.05, 0) is 37.0 Å². The van der Waals surface area contributed by atoms with Gasteiger partial charge in [-0.15, -0.1) is 24.0 Å². The number of benzene rings is 2. The van der Waals surface area contributed by atoms with Crippen LogP contribution in [0.4, 0.5) is 4.39 Å². The number of hydrogen-bond donors (Lipinski definition) is 2. The molecule has 2 N–H and O–H groups in total. The van der Waals surface area contributed by atoms with Crippen LogP contribution in [-0.2, 0) is 11.3 Å². The Morgan fingerprint density at radius 2 is 1.77 bits per heavy atom. The van der Waals surface area contributed by atoms with Gasteiger partial charge in [-0.2, -0.15) is 0 Å². The summed E-state index contributed by atoms with van der Waals surface area (Å²) in [4.78, 5) is 18.2. The van der Waals surface area contributed by atoms with Crippen molar-refractivity contribution in [2.45, 2.75) is 25.8 Å². The molecule has 1 aliphatic heterocycles. The van der Waals surface area contributed by atoms with E-state index >= 15 is 0 Å². The van der Waals surface area contributed by atoms with Crippen LogP contribution in [0.2, 0.25) is 0 Å². The number of guanidine groups is 1. The molecular formula is C23H30FIN4O2. The van der Waals surface area contributed by atoms with Crippen molar-refractivity contribution in [3.05, 3.63) is 59.9 Å². The lowest BCUT2D eigenvalue weighted by molar-refractivity contribution is -0.121. The Labute approximate surface area is 200 Å². The van der Waals surface area contributed by atoms with E-state index in [0.717, 1.165) is 37.5 Å². The molecule has 1 saturated heterocycles. The van der Waals surface area contributed by atoms with Crippen molar-refractivity contribution in [2.24, 2.45) is 10.9 Å². The zero-order valence-electron chi connectivity index (χ0n) is 17.9. The lowest BCUT2D eigenvalue weighted by Crippen LogP contribution is -2.45. The molecule has 0 aromatic heterocycles. The van der Waals surface area contributed by atoms with Gasteiger partial charge in [0.1, 0.15) is 5.75 Å². The van der Waals surface area contributed by atoms with Crippen LogP contribution in [0, 0.1) is 11.7 Å². The summed E-state index contributed by atoms with van der Waals surface area (Å²) in [5.74, 6) is 1.74. The third-order valence-electron chi connectivity index (χ3n) is 5.34. The fourth-order valence-corrected chi connectivity index (χ4v) is 3.62. The van der Waals surface area contributed by atoms with E-state index < -0.39 is 5.82 Å². The molecule has 168 valence electrons. The Kier molecular flexibility index (Phi) is 10.0. The molecule has 31 heavy (non-hydrogen) atoms. The summed E-state index contributed by atoms with van der Waals surface area (Å²) >= 11 is 0. The molecule has 1 heterocycles. The van der Waals surface area contributed by atoms with Crippen LogP contribution in [-0.4, -0.2) is 44.0 Å². The lowest BCUT2D eigenvalue weighted by atomic mass is 9.93. The molecule has 8 heteroatoms. The second-order valence-electron chi connectivity index (χ2n) is 7.35. The SMILES string of the molecule is CN=C(NCc1ccccc1Oc1ccccc1F)N1CCC(CC(=O)NC)CC1.I. The van der Waals surface area contributed by atoms with Gasteiger partial charge >= 0.3 is 0 Å². The molecule has 1 aliphatic rings. The number of hydrogen-bond acceptors (Lipinski definition) is 3. The average molecular weight is 540 g/mol. The van der Waals surface area contributed by atoms with Crippen LogP contribution in [0.15, 0.2) is 53.5 Å². The number of piperidine rings is 1. The van der Waals surface area contributed by atoms with E-state index in [-0.39, 0.29) is 35.6 Å². The number of carbonyl (C=O) groups excluding carboxylic acids is 1. The van der Waals surface area contributed by atoms with Crippen molar-refractivity contribution in [2.75, 3.05) is 27.2 Å². The summed E-state index contributed by atoms with van der Waals surface area (Å²) in [7, 11) is 3.44. The quantitative estimate of drug-likeness (QED) is 0.328. The maximum Gasteiger partial charge on any atom is 0.220 e. The van der Waals surface area contributed by atoms with E-state index in [4.69, 9.17) is 4.74 Å². The maximum atomic E-state index is 14.0. The molecule has 0 bridgehead atoms. The topological polar surface area (TPSA) is 66.0 Å². The first-order valence-corrected chi connectivity index (χ1v) is 10.3. The number of ether oxygens (including phenoxy) is 1. The van der Waals surface area contributed by atoms with Gasteiger partial charge in [0, 0.05) is 45.7 Å². The minimum atomic E-state index is -0.393. The van der Waals surface area contributed by atoms with E-state index in [1.54, 1.807) is 32.3 Å². The third-order valence-corrected chi connectivity index (χ3v) is 5.34. The second kappa shape index (κ2) is 12.5. The first-order chi connectivity index (χ1) is 14.6. The van der Waals surface area contributed by atoms with Gasteiger partial charge in [0.15, 0.2) is 17.5 Å². The number of rotatable bonds is 6. The largest absolute Gasteiger partial charge is 0.454 e. The first kappa shape index (κ1) is 24.9. The van der Waals surface area contributed by atoms with E-state index in [1.165, 1.54) is 6.07 Å². The van der Waals surface area contributed by atoms with Crippen molar-refractivity contribution in [3.63, 3.8) is 0 Å². The second-order valence-corrected chi connectivity index (χ2v) is 7.35. The van der Waals surface area contributed by atoms with E-state index in [9.17, 15) is 9.18 Å². The maximum absolute atomic E-state index is 14.0. The number of carbonyl (C=O) groups is 1. The number of aliphatic imine (C=N–C) groups is 1. The monoisotopic (exact) mass is 540 g/mol. The smallest absolute Gasteiger partial charge is 0.220 e. The number of nitrogens with zero attached hydrogens (tertiary/aromatic N) is 2. The third kappa shape index (κ3) is 7.09. The van der Waals surface area contributed by atoms with Gasteiger partial charge in [-0.1, -0.05) is 30.3 Å². The van der Waals surface area contributed by atoms with Crippen LogP contribution in [0.5, 0.6) is 11.5 Å². The predicted molar refractivity (Wildman–Crippen MR) is 132 cm³/mol. The summed E-state index contributed by atoms with van der Waals surface area (Å²) in [5, 5.41) is 6.08. The zero-order valence-corrected chi connectivity index (χ0v) is 20.3. The number of para-hydroxylation sites is 2. The van der Waals surface area contributed by atoms with Gasteiger partial charge in [0.05, 0.1) is 0 Å². The fraction of sp³-hybridized carbons (Fsp3) is 0.391. The van der Waals surface area contributed by atoms with Gasteiger partial charge in [-0.3, -0.25) is 9.79 Å². The molecule has 0 radical (unpaired) electrons.